The van der Waals surface area contributed by atoms with Crippen LogP contribution >= 0.6 is 0 Å². The predicted molar refractivity (Wildman–Crippen MR) is 57.7 cm³/mol. The Bertz CT molecular complexity index is 201. The number of rotatable bonds is 6. The van der Waals surface area contributed by atoms with Crippen LogP contribution in [0.3, 0.4) is 0 Å². The van der Waals surface area contributed by atoms with Crippen molar-refractivity contribution in [1.29, 1.82) is 0 Å². The van der Waals surface area contributed by atoms with Crippen molar-refractivity contribution in [2.45, 2.75) is 46.3 Å². The molecule has 0 bridgehead atoms. The van der Waals surface area contributed by atoms with Crippen molar-refractivity contribution in [1.82, 2.24) is 4.90 Å². The number of hydrogen-bond acceptors (Lipinski definition) is 2. The molecule has 0 aliphatic carbocycles. The number of carbonyl (C=O) groups is 1. The van der Waals surface area contributed by atoms with Gasteiger partial charge in [0.15, 0.2) is 0 Å². The van der Waals surface area contributed by atoms with E-state index in [1.807, 2.05) is 6.92 Å². The molecule has 0 heterocycles. The lowest BCUT2D eigenvalue weighted by atomic mass is 10.2. The highest BCUT2D eigenvalue weighted by Gasteiger charge is 2.19. The maximum absolute atomic E-state index is 11.6. The number of nitrogens with zero attached hydrogens (tertiary/aromatic N) is 1. The average Bonchev–Trinajstić information content (AvgIpc) is 2.17. The monoisotopic (exact) mass is 199 g/mol. The molecule has 1 amide bonds. The third kappa shape index (κ3) is 3.92. The first kappa shape index (κ1) is 13.2. The van der Waals surface area contributed by atoms with Gasteiger partial charge in [-0.25, -0.2) is 0 Å². The highest BCUT2D eigenvalue weighted by molar-refractivity contribution is 5.92. The summed E-state index contributed by atoms with van der Waals surface area (Å²) in [5, 5.41) is 9.63. The quantitative estimate of drug-likeness (QED) is 0.524. The van der Waals surface area contributed by atoms with Crippen molar-refractivity contribution in [3.8, 4) is 0 Å². The number of amides is 1. The zero-order valence-electron chi connectivity index (χ0n) is 9.42. The van der Waals surface area contributed by atoms with Crippen LogP contribution in [0.2, 0.25) is 0 Å². The van der Waals surface area contributed by atoms with Crippen LogP contribution in [-0.2, 0) is 4.79 Å². The lowest BCUT2D eigenvalue weighted by Gasteiger charge is -2.27. The number of aliphatic hydroxyl groups excluding tert-OH is 1. The molecule has 0 aliphatic heterocycles. The van der Waals surface area contributed by atoms with E-state index in [1.54, 1.807) is 6.92 Å². The molecule has 0 rings (SSSR count). The SMILES string of the molecule is C=C(C)C(=O)N(CCCC)C(O)CC. The van der Waals surface area contributed by atoms with Crippen LogP contribution in [-0.4, -0.2) is 28.7 Å². The van der Waals surface area contributed by atoms with E-state index in [0.29, 0.717) is 18.5 Å². The minimum atomic E-state index is -0.675. The molecular formula is C11H21NO2. The summed E-state index contributed by atoms with van der Waals surface area (Å²) in [6.07, 6.45) is 1.81. The van der Waals surface area contributed by atoms with Crippen molar-refractivity contribution in [3.05, 3.63) is 12.2 Å². The molecule has 1 atom stereocenters. The van der Waals surface area contributed by atoms with E-state index in [0.717, 1.165) is 12.8 Å². The molecule has 0 saturated heterocycles. The number of aliphatic hydroxyl groups is 1. The summed E-state index contributed by atoms with van der Waals surface area (Å²) in [6, 6.07) is 0. The molecule has 3 heteroatoms. The van der Waals surface area contributed by atoms with Gasteiger partial charge >= 0.3 is 0 Å². The van der Waals surface area contributed by atoms with E-state index in [4.69, 9.17) is 0 Å². The Morgan fingerprint density at radius 3 is 2.43 bits per heavy atom. The molecule has 0 aromatic carbocycles. The summed E-state index contributed by atoms with van der Waals surface area (Å²) >= 11 is 0. The molecule has 0 aromatic heterocycles. The molecule has 1 unspecified atom stereocenters. The van der Waals surface area contributed by atoms with Gasteiger partial charge in [-0.15, -0.1) is 0 Å². The van der Waals surface area contributed by atoms with Gasteiger partial charge in [0.1, 0.15) is 6.23 Å². The van der Waals surface area contributed by atoms with Crippen LogP contribution in [0.4, 0.5) is 0 Å². The van der Waals surface area contributed by atoms with Crippen LogP contribution in [0.5, 0.6) is 0 Å². The number of unbranched alkanes of at least 4 members (excludes halogenated alkanes) is 1. The standard InChI is InChI=1S/C11H21NO2/c1-5-7-8-12(10(13)6-2)11(14)9(3)4/h10,13H,3,5-8H2,1-2,4H3. The van der Waals surface area contributed by atoms with Gasteiger partial charge in [-0.2, -0.15) is 0 Å². The van der Waals surface area contributed by atoms with Crippen LogP contribution < -0.4 is 0 Å². The van der Waals surface area contributed by atoms with Gasteiger partial charge in [0, 0.05) is 12.1 Å². The fourth-order valence-electron chi connectivity index (χ4n) is 1.18. The van der Waals surface area contributed by atoms with Crippen LogP contribution in [0.1, 0.15) is 40.0 Å². The van der Waals surface area contributed by atoms with Crippen molar-refractivity contribution in [2.24, 2.45) is 0 Å². The third-order valence-electron chi connectivity index (χ3n) is 2.10. The van der Waals surface area contributed by atoms with Gasteiger partial charge in [0.25, 0.3) is 5.91 Å². The predicted octanol–water partition coefficient (Wildman–Crippen LogP) is 1.92. The minimum absolute atomic E-state index is 0.146. The van der Waals surface area contributed by atoms with Crippen LogP contribution in [0.15, 0.2) is 12.2 Å². The second-order valence-corrected chi connectivity index (χ2v) is 3.52. The zero-order chi connectivity index (χ0) is 11.1. The Hall–Kier alpha value is -0.830. The lowest BCUT2D eigenvalue weighted by Crippen LogP contribution is -2.40. The summed E-state index contributed by atoms with van der Waals surface area (Å²) in [4.78, 5) is 13.1. The molecule has 0 aromatic rings. The first-order valence-electron chi connectivity index (χ1n) is 5.19. The largest absolute Gasteiger partial charge is 0.374 e. The Kier molecular flexibility index (Phi) is 6.21. The van der Waals surface area contributed by atoms with Crippen molar-refractivity contribution >= 4 is 5.91 Å². The van der Waals surface area contributed by atoms with E-state index in [2.05, 4.69) is 13.5 Å². The third-order valence-corrected chi connectivity index (χ3v) is 2.10. The summed E-state index contributed by atoms with van der Waals surface area (Å²) < 4.78 is 0. The summed E-state index contributed by atoms with van der Waals surface area (Å²) in [5.74, 6) is -0.146. The highest BCUT2D eigenvalue weighted by atomic mass is 16.3. The van der Waals surface area contributed by atoms with Gasteiger partial charge < -0.3 is 10.0 Å². The Morgan fingerprint density at radius 1 is 1.50 bits per heavy atom. The fraction of sp³-hybridized carbons (Fsp3) is 0.727. The number of hydrogen-bond donors (Lipinski definition) is 1. The second-order valence-electron chi connectivity index (χ2n) is 3.52. The molecule has 0 spiro atoms. The first-order chi connectivity index (χ1) is 6.54. The maximum Gasteiger partial charge on any atom is 0.250 e. The van der Waals surface area contributed by atoms with Crippen LogP contribution in [0.25, 0.3) is 0 Å². The maximum atomic E-state index is 11.6. The first-order valence-corrected chi connectivity index (χ1v) is 5.19. The van der Waals surface area contributed by atoms with Crippen molar-refractivity contribution in [2.75, 3.05) is 6.54 Å². The van der Waals surface area contributed by atoms with Gasteiger partial charge in [0.2, 0.25) is 0 Å². The van der Waals surface area contributed by atoms with Crippen LogP contribution in [0, 0.1) is 0 Å². The summed E-state index contributed by atoms with van der Waals surface area (Å²) in [6.45, 7) is 9.79. The van der Waals surface area contributed by atoms with E-state index in [-0.39, 0.29) is 5.91 Å². The Labute approximate surface area is 86.4 Å². The van der Waals surface area contributed by atoms with Crippen molar-refractivity contribution in [3.63, 3.8) is 0 Å². The molecule has 1 N–H and O–H groups in total. The van der Waals surface area contributed by atoms with Crippen molar-refractivity contribution < 1.29 is 9.90 Å². The van der Waals surface area contributed by atoms with Gasteiger partial charge in [0.05, 0.1) is 0 Å². The number of carbonyl (C=O) groups excluding carboxylic acids is 1. The topological polar surface area (TPSA) is 40.5 Å². The van der Waals surface area contributed by atoms with E-state index in [9.17, 15) is 9.90 Å². The highest BCUT2D eigenvalue weighted by Crippen LogP contribution is 2.07. The van der Waals surface area contributed by atoms with Gasteiger partial charge in [-0.05, 0) is 19.8 Å². The van der Waals surface area contributed by atoms with E-state index in [1.165, 1.54) is 4.90 Å². The molecule has 0 fully saturated rings. The lowest BCUT2D eigenvalue weighted by molar-refractivity contribution is -0.137. The molecular weight excluding hydrogens is 178 g/mol. The smallest absolute Gasteiger partial charge is 0.250 e. The fourth-order valence-corrected chi connectivity index (χ4v) is 1.18. The molecule has 14 heavy (non-hydrogen) atoms. The average molecular weight is 199 g/mol. The Balaban J connectivity index is 4.38. The normalized spacial score (nSPS) is 12.3. The molecule has 82 valence electrons. The second kappa shape index (κ2) is 6.60. The molecule has 0 saturated carbocycles. The van der Waals surface area contributed by atoms with E-state index >= 15 is 0 Å². The molecule has 0 radical (unpaired) electrons. The molecule has 0 aliphatic rings. The van der Waals surface area contributed by atoms with E-state index < -0.39 is 6.23 Å². The van der Waals surface area contributed by atoms with Gasteiger partial charge in [-0.1, -0.05) is 26.8 Å². The van der Waals surface area contributed by atoms with Gasteiger partial charge in [-0.3, -0.25) is 4.79 Å². The summed E-state index contributed by atoms with van der Waals surface area (Å²) in [5.41, 5.74) is 0.480. The summed E-state index contributed by atoms with van der Waals surface area (Å²) in [7, 11) is 0. The molecule has 3 nitrogen and oxygen atoms in total. The Morgan fingerprint density at radius 2 is 2.07 bits per heavy atom. The zero-order valence-corrected chi connectivity index (χ0v) is 9.42. The minimum Gasteiger partial charge on any atom is -0.374 e.